The first-order valence-electron chi connectivity index (χ1n) is 7.74. The molecule has 2 saturated heterocycles. The van der Waals surface area contributed by atoms with Crippen LogP contribution in [0.4, 0.5) is 0 Å². The zero-order chi connectivity index (χ0) is 13.5. The quantitative estimate of drug-likeness (QED) is 0.834. The summed E-state index contributed by atoms with van der Waals surface area (Å²) in [5.74, 6) is -0.364. The van der Waals surface area contributed by atoms with Crippen molar-refractivity contribution in [3.8, 4) is 0 Å². The van der Waals surface area contributed by atoms with E-state index in [4.69, 9.17) is 4.74 Å². The van der Waals surface area contributed by atoms with Gasteiger partial charge in [0.1, 0.15) is 6.04 Å². The first kappa shape index (κ1) is 13.4. The van der Waals surface area contributed by atoms with Gasteiger partial charge < -0.3 is 9.84 Å². The third-order valence-corrected chi connectivity index (χ3v) is 5.44. The summed E-state index contributed by atoms with van der Waals surface area (Å²) in [6.45, 7) is 3.82. The van der Waals surface area contributed by atoms with Crippen LogP contribution in [-0.4, -0.2) is 46.8 Å². The van der Waals surface area contributed by atoms with Gasteiger partial charge in [-0.1, -0.05) is 19.8 Å². The van der Waals surface area contributed by atoms with E-state index in [9.17, 15) is 9.90 Å². The SMILES string of the molecule is CC1CCN(C2CCOC3(CCCC3)C2)C1C(=O)O. The van der Waals surface area contributed by atoms with Gasteiger partial charge >= 0.3 is 5.97 Å². The maximum Gasteiger partial charge on any atom is 0.321 e. The van der Waals surface area contributed by atoms with E-state index in [1.54, 1.807) is 0 Å². The van der Waals surface area contributed by atoms with Crippen molar-refractivity contribution >= 4 is 5.97 Å². The fourth-order valence-corrected chi connectivity index (χ4v) is 4.42. The van der Waals surface area contributed by atoms with Gasteiger partial charge in [-0.15, -0.1) is 0 Å². The number of hydrogen-bond acceptors (Lipinski definition) is 3. The fourth-order valence-electron chi connectivity index (χ4n) is 4.42. The standard InChI is InChI=1S/C15H25NO3/c1-11-4-8-16(13(11)14(17)18)12-5-9-19-15(10-12)6-2-3-7-15/h11-13H,2-10H2,1H3,(H,17,18). The number of carbonyl (C=O) groups is 1. The molecule has 4 heteroatoms. The molecule has 1 aliphatic carbocycles. The van der Waals surface area contributed by atoms with Crippen molar-refractivity contribution in [2.75, 3.05) is 13.2 Å². The highest BCUT2D eigenvalue weighted by atomic mass is 16.5. The van der Waals surface area contributed by atoms with Gasteiger partial charge in [-0.2, -0.15) is 0 Å². The second-order valence-corrected chi connectivity index (χ2v) is 6.67. The molecule has 3 aliphatic rings. The number of rotatable bonds is 2. The number of nitrogens with zero attached hydrogens (tertiary/aromatic N) is 1. The molecular weight excluding hydrogens is 242 g/mol. The number of hydrogen-bond donors (Lipinski definition) is 1. The maximum absolute atomic E-state index is 11.5. The zero-order valence-electron chi connectivity index (χ0n) is 11.8. The minimum absolute atomic E-state index is 0.0811. The lowest BCUT2D eigenvalue weighted by Gasteiger charge is -2.43. The molecule has 3 rings (SSSR count). The Labute approximate surface area is 115 Å². The fraction of sp³-hybridized carbons (Fsp3) is 0.933. The van der Waals surface area contributed by atoms with Gasteiger partial charge in [0.2, 0.25) is 0 Å². The van der Waals surface area contributed by atoms with E-state index in [2.05, 4.69) is 11.8 Å². The van der Waals surface area contributed by atoms with E-state index in [1.165, 1.54) is 25.7 Å². The number of aliphatic carboxylic acids is 1. The van der Waals surface area contributed by atoms with Gasteiger partial charge in [0, 0.05) is 12.6 Å². The van der Waals surface area contributed by atoms with Crippen molar-refractivity contribution in [3.05, 3.63) is 0 Å². The minimum Gasteiger partial charge on any atom is -0.480 e. The van der Waals surface area contributed by atoms with Gasteiger partial charge in [0.05, 0.1) is 5.60 Å². The van der Waals surface area contributed by atoms with Crippen molar-refractivity contribution in [3.63, 3.8) is 0 Å². The van der Waals surface area contributed by atoms with Crippen LogP contribution in [0.25, 0.3) is 0 Å². The molecule has 3 atom stereocenters. The van der Waals surface area contributed by atoms with Crippen LogP contribution in [-0.2, 0) is 9.53 Å². The lowest BCUT2D eigenvalue weighted by molar-refractivity contribution is -0.148. The average molecular weight is 267 g/mol. The van der Waals surface area contributed by atoms with E-state index < -0.39 is 5.97 Å². The second-order valence-electron chi connectivity index (χ2n) is 6.67. The average Bonchev–Trinajstić information content (AvgIpc) is 2.96. The third kappa shape index (κ3) is 2.40. The van der Waals surface area contributed by atoms with E-state index in [0.29, 0.717) is 6.04 Å². The predicted molar refractivity (Wildman–Crippen MR) is 72.1 cm³/mol. The molecule has 1 saturated carbocycles. The third-order valence-electron chi connectivity index (χ3n) is 5.44. The van der Waals surface area contributed by atoms with Crippen LogP contribution in [0.15, 0.2) is 0 Å². The molecule has 0 amide bonds. The van der Waals surface area contributed by atoms with Crippen LogP contribution in [0.2, 0.25) is 0 Å². The summed E-state index contributed by atoms with van der Waals surface area (Å²) in [5.41, 5.74) is 0.0811. The summed E-state index contributed by atoms with van der Waals surface area (Å²) in [4.78, 5) is 13.8. The molecule has 2 heterocycles. The van der Waals surface area contributed by atoms with Crippen LogP contribution in [0.5, 0.6) is 0 Å². The Kier molecular flexibility index (Phi) is 3.56. The highest BCUT2D eigenvalue weighted by Crippen LogP contribution is 2.42. The van der Waals surface area contributed by atoms with Crippen molar-refractivity contribution in [2.24, 2.45) is 5.92 Å². The van der Waals surface area contributed by atoms with Gasteiger partial charge in [0.25, 0.3) is 0 Å². The van der Waals surface area contributed by atoms with Crippen molar-refractivity contribution in [1.82, 2.24) is 4.90 Å². The number of carboxylic acid groups (broad SMARTS) is 1. The van der Waals surface area contributed by atoms with Crippen LogP contribution >= 0.6 is 0 Å². The Balaban J connectivity index is 1.72. The lowest BCUT2D eigenvalue weighted by Crippen LogP contribution is -2.51. The number of likely N-dealkylation sites (tertiary alicyclic amines) is 1. The maximum atomic E-state index is 11.5. The molecule has 0 aromatic carbocycles. The van der Waals surface area contributed by atoms with Gasteiger partial charge in [-0.25, -0.2) is 0 Å². The van der Waals surface area contributed by atoms with Gasteiger partial charge in [0.15, 0.2) is 0 Å². The molecule has 19 heavy (non-hydrogen) atoms. The molecule has 0 radical (unpaired) electrons. The first-order chi connectivity index (χ1) is 9.11. The van der Waals surface area contributed by atoms with Crippen LogP contribution in [0, 0.1) is 5.92 Å². The highest BCUT2D eigenvalue weighted by Gasteiger charge is 2.46. The Hall–Kier alpha value is -0.610. The molecule has 4 nitrogen and oxygen atoms in total. The van der Waals surface area contributed by atoms with Crippen LogP contribution < -0.4 is 0 Å². The Morgan fingerprint density at radius 1 is 1.32 bits per heavy atom. The van der Waals surface area contributed by atoms with E-state index in [1.807, 2.05) is 0 Å². The molecule has 0 aromatic rings. The molecule has 3 fully saturated rings. The smallest absolute Gasteiger partial charge is 0.321 e. The second kappa shape index (κ2) is 5.06. The van der Waals surface area contributed by atoms with Crippen molar-refractivity contribution in [1.29, 1.82) is 0 Å². The Morgan fingerprint density at radius 2 is 2.05 bits per heavy atom. The first-order valence-corrected chi connectivity index (χ1v) is 7.74. The molecule has 0 bridgehead atoms. The van der Waals surface area contributed by atoms with E-state index >= 15 is 0 Å². The highest BCUT2D eigenvalue weighted by molar-refractivity contribution is 5.74. The Morgan fingerprint density at radius 3 is 2.74 bits per heavy atom. The monoisotopic (exact) mass is 267 g/mol. The zero-order valence-corrected chi connectivity index (χ0v) is 11.8. The van der Waals surface area contributed by atoms with E-state index in [0.717, 1.165) is 32.4 Å². The molecule has 2 aliphatic heterocycles. The summed E-state index contributed by atoms with van der Waals surface area (Å²) >= 11 is 0. The predicted octanol–water partition coefficient (Wildman–Crippen LogP) is 2.27. The Bertz CT molecular complexity index is 351. The molecular formula is C15H25NO3. The van der Waals surface area contributed by atoms with Crippen molar-refractivity contribution in [2.45, 2.75) is 69.6 Å². The van der Waals surface area contributed by atoms with Crippen molar-refractivity contribution < 1.29 is 14.6 Å². The van der Waals surface area contributed by atoms with Crippen LogP contribution in [0.3, 0.4) is 0 Å². The minimum atomic E-state index is -0.642. The summed E-state index contributed by atoms with van der Waals surface area (Å²) in [6.07, 6.45) is 7.94. The molecule has 1 N–H and O–H groups in total. The summed E-state index contributed by atoms with van der Waals surface area (Å²) in [5, 5.41) is 9.47. The summed E-state index contributed by atoms with van der Waals surface area (Å²) in [7, 11) is 0. The summed E-state index contributed by atoms with van der Waals surface area (Å²) < 4.78 is 6.06. The number of ether oxygens (including phenoxy) is 1. The lowest BCUT2D eigenvalue weighted by atomic mass is 9.87. The summed E-state index contributed by atoms with van der Waals surface area (Å²) in [6, 6.07) is 0.138. The van der Waals surface area contributed by atoms with Gasteiger partial charge in [-0.05, 0) is 44.6 Å². The largest absolute Gasteiger partial charge is 0.480 e. The van der Waals surface area contributed by atoms with E-state index in [-0.39, 0.29) is 17.6 Å². The number of carboxylic acids is 1. The topological polar surface area (TPSA) is 49.8 Å². The molecule has 1 spiro atoms. The van der Waals surface area contributed by atoms with Crippen LogP contribution in [0.1, 0.15) is 51.9 Å². The van der Waals surface area contributed by atoms with Gasteiger partial charge in [-0.3, -0.25) is 9.69 Å². The molecule has 3 unspecified atom stereocenters. The normalized spacial score (nSPS) is 38.9. The molecule has 0 aromatic heterocycles. The molecule has 108 valence electrons.